The Labute approximate surface area is 205 Å². The number of rotatable bonds is 9. The molecule has 2 unspecified atom stereocenters. The van der Waals surface area contributed by atoms with Gasteiger partial charge in [-0.15, -0.1) is 24.0 Å². The summed E-state index contributed by atoms with van der Waals surface area (Å²) in [6.07, 6.45) is -2.84. The van der Waals surface area contributed by atoms with Gasteiger partial charge in [-0.3, -0.25) is 9.89 Å². The highest BCUT2D eigenvalue weighted by Crippen LogP contribution is 2.40. The second-order valence-electron chi connectivity index (χ2n) is 8.08. The monoisotopic (exact) mass is 576 g/mol. The lowest BCUT2D eigenvalue weighted by Crippen LogP contribution is -2.49. The lowest BCUT2D eigenvalue weighted by atomic mass is 9.97. The third-order valence-electron chi connectivity index (χ3n) is 5.50. The van der Waals surface area contributed by atoms with Crippen molar-refractivity contribution in [1.29, 1.82) is 0 Å². The summed E-state index contributed by atoms with van der Waals surface area (Å²) >= 11 is 0. The first-order chi connectivity index (χ1) is 14.6. The molecule has 1 aromatic heterocycles. The number of nitrogens with zero attached hydrogens (tertiary/aromatic N) is 4. The van der Waals surface area contributed by atoms with Gasteiger partial charge in [-0.25, -0.2) is 4.98 Å². The van der Waals surface area contributed by atoms with E-state index in [1.807, 2.05) is 6.92 Å². The number of imidazole rings is 1. The number of hydrogen-bond acceptors (Lipinski definition) is 5. The van der Waals surface area contributed by atoms with Crippen LogP contribution in [0.3, 0.4) is 0 Å². The zero-order valence-corrected chi connectivity index (χ0v) is 21.5. The first kappa shape index (κ1) is 28.9. The molecule has 12 heteroatoms. The lowest BCUT2D eigenvalue weighted by Gasteiger charge is -2.36. The molecular weight excluding hydrogens is 540 g/mol. The lowest BCUT2D eigenvalue weighted by molar-refractivity contribution is -0.272. The predicted molar refractivity (Wildman–Crippen MR) is 128 cm³/mol. The number of halogens is 4. The van der Waals surface area contributed by atoms with E-state index >= 15 is 0 Å². The maximum atomic E-state index is 13.7. The number of alkyl halides is 3. The second-order valence-corrected chi connectivity index (χ2v) is 8.08. The first-order valence-electron chi connectivity index (χ1n) is 10.7. The van der Waals surface area contributed by atoms with Gasteiger partial charge in [-0.1, -0.05) is 13.8 Å². The SMILES string of the molecule is CCNC(=NCC(C(C)C)N1CCOCC1)NCCC(O)(c1nccn1C)C(F)(F)F.I. The zero-order valence-electron chi connectivity index (χ0n) is 19.2. The standard InChI is InChI=1S/C20H35F3N6O2.HI/c1-5-24-18(27-14-16(15(2)3)29-10-12-31-13-11-29)26-7-6-19(30,20(21,22)23)17-25-8-9-28(17)4;/h8-9,15-16,30H,5-7,10-14H2,1-4H3,(H2,24,26,27);1H. The fourth-order valence-electron chi connectivity index (χ4n) is 3.69. The summed E-state index contributed by atoms with van der Waals surface area (Å²) < 4.78 is 47.6. The number of aliphatic hydroxyl groups is 1. The van der Waals surface area contributed by atoms with E-state index in [4.69, 9.17) is 4.74 Å². The Morgan fingerprint density at radius 2 is 1.94 bits per heavy atom. The minimum atomic E-state index is -4.86. The highest BCUT2D eigenvalue weighted by Gasteiger charge is 2.57. The van der Waals surface area contributed by atoms with E-state index in [1.54, 1.807) is 0 Å². The van der Waals surface area contributed by atoms with Crippen molar-refractivity contribution >= 4 is 29.9 Å². The van der Waals surface area contributed by atoms with Crippen molar-refractivity contribution in [2.45, 2.75) is 45.0 Å². The van der Waals surface area contributed by atoms with Gasteiger partial charge in [0.05, 0.1) is 19.8 Å². The van der Waals surface area contributed by atoms with Gasteiger partial charge in [0.25, 0.3) is 0 Å². The molecule has 2 heterocycles. The van der Waals surface area contributed by atoms with E-state index < -0.39 is 24.0 Å². The minimum absolute atomic E-state index is 0. The van der Waals surface area contributed by atoms with Crippen molar-refractivity contribution in [2.75, 3.05) is 45.9 Å². The molecule has 2 atom stereocenters. The molecular formula is C20H36F3IN6O2. The van der Waals surface area contributed by atoms with E-state index in [0.29, 0.717) is 38.2 Å². The van der Waals surface area contributed by atoms with Crippen LogP contribution in [0.2, 0.25) is 0 Å². The summed E-state index contributed by atoms with van der Waals surface area (Å²) in [5, 5.41) is 16.5. The maximum Gasteiger partial charge on any atom is 0.424 e. The van der Waals surface area contributed by atoms with Crippen LogP contribution in [-0.4, -0.2) is 83.7 Å². The molecule has 0 aromatic carbocycles. The Hall–Kier alpha value is -1.12. The predicted octanol–water partition coefficient (Wildman–Crippen LogP) is 2.09. The molecule has 1 saturated heterocycles. The number of hydrogen-bond donors (Lipinski definition) is 3. The average molecular weight is 576 g/mol. The number of aromatic nitrogens is 2. The van der Waals surface area contributed by atoms with Crippen molar-refractivity contribution < 1.29 is 23.0 Å². The molecule has 32 heavy (non-hydrogen) atoms. The summed E-state index contributed by atoms with van der Waals surface area (Å²) in [6, 6.07) is 0.207. The van der Waals surface area contributed by atoms with Crippen molar-refractivity contribution in [3.05, 3.63) is 18.2 Å². The molecule has 8 nitrogen and oxygen atoms in total. The quantitative estimate of drug-likeness (QED) is 0.237. The van der Waals surface area contributed by atoms with Crippen LogP contribution in [0.25, 0.3) is 0 Å². The van der Waals surface area contributed by atoms with Crippen LogP contribution >= 0.6 is 24.0 Å². The number of aliphatic imine (C=N–C) groups is 1. The van der Waals surface area contributed by atoms with Gasteiger partial charge in [0.15, 0.2) is 5.96 Å². The average Bonchev–Trinajstić information content (AvgIpc) is 3.14. The molecule has 1 aliphatic rings. The van der Waals surface area contributed by atoms with Crippen LogP contribution in [0.4, 0.5) is 13.2 Å². The molecule has 0 radical (unpaired) electrons. The van der Waals surface area contributed by atoms with Crippen LogP contribution in [0, 0.1) is 5.92 Å². The Morgan fingerprint density at radius 3 is 2.44 bits per heavy atom. The second kappa shape index (κ2) is 12.9. The van der Waals surface area contributed by atoms with E-state index in [-0.39, 0.29) is 36.6 Å². The van der Waals surface area contributed by atoms with E-state index in [9.17, 15) is 18.3 Å². The summed E-state index contributed by atoms with van der Waals surface area (Å²) in [5.74, 6) is 0.352. The Kier molecular flexibility index (Phi) is 11.7. The van der Waals surface area contributed by atoms with Crippen LogP contribution in [0.15, 0.2) is 17.4 Å². The summed E-state index contributed by atoms with van der Waals surface area (Å²) in [7, 11) is 1.43. The molecule has 0 amide bonds. The Morgan fingerprint density at radius 1 is 1.28 bits per heavy atom. The van der Waals surface area contributed by atoms with Crippen molar-refractivity contribution in [3.63, 3.8) is 0 Å². The highest BCUT2D eigenvalue weighted by atomic mass is 127. The zero-order chi connectivity index (χ0) is 23.1. The van der Waals surface area contributed by atoms with Gasteiger partial charge in [0.1, 0.15) is 5.82 Å². The van der Waals surface area contributed by atoms with Gasteiger partial charge < -0.3 is 25.0 Å². The van der Waals surface area contributed by atoms with Gasteiger partial charge in [-0.05, 0) is 12.8 Å². The number of guanidine groups is 1. The minimum Gasteiger partial charge on any atom is -0.379 e. The molecule has 0 bridgehead atoms. The highest BCUT2D eigenvalue weighted by molar-refractivity contribution is 14.0. The summed E-state index contributed by atoms with van der Waals surface area (Å²) in [5.41, 5.74) is -3.05. The molecule has 0 saturated carbocycles. The number of aryl methyl sites for hydroxylation is 1. The molecule has 1 aromatic rings. The van der Waals surface area contributed by atoms with Gasteiger partial charge >= 0.3 is 6.18 Å². The number of ether oxygens (including phenoxy) is 1. The fraction of sp³-hybridized carbons (Fsp3) is 0.800. The molecule has 2 rings (SSSR count). The van der Waals surface area contributed by atoms with Gasteiger partial charge in [0.2, 0.25) is 5.60 Å². The summed E-state index contributed by atoms with van der Waals surface area (Å²) in [6.45, 7) is 10.2. The number of nitrogens with one attached hydrogen (secondary N) is 2. The normalized spacial score (nSPS) is 18.7. The summed E-state index contributed by atoms with van der Waals surface area (Å²) in [4.78, 5) is 10.7. The molecule has 0 spiro atoms. The van der Waals surface area contributed by atoms with Crippen molar-refractivity contribution in [2.24, 2.45) is 18.0 Å². The Bertz CT molecular complexity index is 710. The van der Waals surface area contributed by atoms with E-state index in [0.717, 1.165) is 13.1 Å². The van der Waals surface area contributed by atoms with Crippen LogP contribution in [0.5, 0.6) is 0 Å². The van der Waals surface area contributed by atoms with Crippen LogP contribution in [-0.2, 0) is 17.4 Å². The van der Waals surface area contributed by atoms with Crippen LogP contribution < -0.4 is 10.6 Å². The Balaban J connectivity index is 0.00000512. The molecule has 1 aliphatic heterocycles. The van der Waals surface area contributed by atoms with Crippen LogP contribution in [0.1, 0.15) is 33.0 Å². The molecule has 0 aliphatic carbocycles. The third-order valence-corrected chi connectivity index (χ3v) is 5.50. The van der Waals surface area contributed by atoms with E-state index in [1.165, 1.54) is 24.0 Å². The molecule has 1 fully saturated rings. The maximum absolute atomic E-state index is 13.7. The van der Waals surface area contributed by atoms with Crippen molar-refractivity contribution in [1.82, 2.24) is 25.1 Å². The van der Waals surface area contributed by atoms with E-state index in [2.05, 4.69) is 39.4 Å². The fourth-order valence-corrected chi connectivity index (χ4v) is 3.69. The van der Waals surface area contributed by atoms with Gasteiger partial charge in [-0.2, -0.15) is 13.2 Å². The molecule has 186 valence electrons. The first-order valence-corrected chi connectivity index (χ1v) is 10.7. The topological polar surface area (TPSA) is 86.9 Å². The van der Waals surface area contributed by atoms with Gasteiger partial charge in [0, 0.05) is 58.1 Å². The smallest absolute Gasteiger partial charge is 0.379 e. The number of morpholine rings is 1. The van der Waals surface area contributed by atoms with Crippen molar-refractivity contribution in [3.8, 4) is 0 Å². The largest absolute Gasteiger partial charge is 0.424 e. The molecule has 3 N–H and O–H groups in total. The third kappa shape index (κ3) is 7.45.